The Labute approximate surface area is 177 Å². The summed E-state index contributed by atoms with van der Waals surface area (Å²) >= 11 is 0. The van der Waals surface area contributed by atoms with Crippen molar-refractivity contribution >= 4 is 5.91 Å². The monoisotopic (exact) mass is 404 g/mol. The minimum Gasteiger partial charge on any atom is -0.485 e. The molecule has 0 spiro atoms. The van der Waals surface area contributed by atoms with Gasteiger partial charge in [-0.2, -0.15) is 0 Å². The summed E-state index contributed by atoms with van der Waals surface area (Å²) in [5.41, 5.74) is 3.59. The topological polar surface area (TPSA) is 45.9 Å². The predicted octanol–water partition coefficient (Wildman–Crippen LogP) is 4.43. The molecule has 1 aliphatic rings. The van der Waals surface area contributed by atoms with Gasteiger partial charge in [0, 0.05) is 32.7 Å². The largest absolute Gasteiger partial charge is 0.485 e. The average Bonchev–Trinajstić information content (AvgIpc) is 3.23. The summed E-state index contributed by atoms with van der Waals surface area (Å²) in [6.07, 6.45) is 0. The lowest BCUT2D eigenvalue weighted by Crippen LogP contribution is -2.48. The fourth-order valence-corrected chi connectivity index (χ4v) is 3.79. The van der Waals surface area contributed by atoms with E-state index in [1.807, 2.05) is 36.1 Å². The van der Waals surface area contributed by atoms with Crippen LogP contribution in [0.3, 0.4) is 0 Å². The standard InChI is InChI=1S/C25H28N2O3/c1-19-8-10-23(20(2)16-19)29-18-22-9-11-24(30-22)25(28)27-14-12-26(13-15-27)17-21-6-4-3-5-7-21/h3-11,16H,12-15,17-18H2,1-2H3. The molecule has 1 fully saturated rings. The van der Waals surface area contributed by atoms with Crippen molar-refractivity contribution < 1.29 is 13.9 Å². The number of nitrogens with zero attached hydrogens (tertiary/aromatic N) is 2. The van der Waals surface area contributed by atoms with Crippen molar-refractivity contribution in [2.45, 2.75) is 27.0 Å². The number of hydrogen-bond donors (Lipinski definition) is 0. The molecule has 0 N–H and O–H groups in total. The number of rotatable bonds is 6. The number of furan rings is 1. The van der Waals surface area contributed by atoms with Gasteiger partial charge in [0.25, 0.3) is 5.91 Å². The molecule has 1 amide bonds. The van der Waals surface area contributed by atoms with Crippen LogP contribution in [0.2, 0.25) is 0 Å². The summed E-state index contributed by atoms with van der Waals surface area (Å²) in [6.45, 7) is 8.46. The lowest BCUT2D eigenvalue weighted by Gasteiger charge is -2.34. The highest BCUT2D eigenvalue weighted by Crippen LogP contribution is 2.21. The van der Waals surface area contributed by atoms with Gasteiger partial charge >= 0.3 is 0 Å². The molecule has 5 nitrogen and oxygen atoms in total. The third-order valence-corrected chi connectivity index (χ3v) is 5.48. The Bertz CT molecular complexity index is 989. The van der Waals surface area contributed by atoms with E-state index in [9.17, 15) is 4.79 Å². The summed E-state index contributed by atoms with van der Waals surface area (Å²) in [5.74, 6) is 1.82. The van der Waals surface area contributed by atoms with Crippen LogP contribution in [0.25, 0.3) is 0 Å². The molecule has 0 unspecified atom stereocenters. The lowest BCUT2D eigenvalue weighted by molar-refractivity contribution is 0.0594. The van der Waals surface area contributed by atoms with Gasteiger partial charge in [0.1, 0.15) is 18.1 Å². The Morgan fingerprint density at radius 1 is 0.967 bits per heavy atom. The zero-order valence-electron chi connectivity index (χ0n) is 17.6. The van der Waals surface area contributed by atoms with E-state index in [0.29, 0.717) is 31.2 Å². The van der Waals surface area contributed by atoms with Gasteiger partial charge in [0.2, 0.25) is 0 Å². The number of carbonyl (C=O) groups excluding carboxylic acids is 1. The van der Waals surface area contributed by atoms with Gasteiger partial charge in [-0.15, -0.1) is 0 Å². The first-order chi connectivity index (χ1) is 14.6. The average molecular weight is 405 g/mol. The third kappa shape index (κ3) is 4.92. The summed E-state index contributed by atoms with van der Waals surface area (Å²) in [5, 5.41) is 0. The van der Waals surface area contributed by atoms with Gasteiger partial charge in [0.15, 0.2) is 5.76 Å². The van der Waals surface area contributed by atoms with Crippen molar-refractivity contribution in [2.75, 3.05) is 26.2 Å². The molecule has 1 saturated heterocycles. The van der Waals surface area contributed by atoms with Crippen molar-refractivity contribution in [2.24, 2.45) is 0 Å². The molecule has 0 saturated carbocycles. The van der Waals surface area contributed by atoms with Gasteiger partial charge in [-0.05, 0) is 43.2 Å². The second kappa shape index (κ2) is 9.18. The molecule has 1 aliphatic heterocycles. The van der Waals surface area contributed by atoms with Crippen LogP contribution in [0.5, 0.6) is 5.75 Å². The highest BCUT2D eigenvalue weighted by atomic mass is 16.5. The van der Waals surface area contributed by atoms with Crippen molar-refractivity contribution in [1.29, 1.82) is 0 Å². The Morgan fingerprint density at radius 3 is 2.47 bits per heavy atom. The van der Waals surface area contributed by atoms with E-state index in [4.69, 9.17) is 9.15 Å². The van der Waals surface area contributed by atoms with Crippen LogP contribution in [0, 0.1) is 13.8 Å². The van der Waals surface area contributed by atoms with Gasteiger partial charge in [-0.1, -0.05) is 48.0 Å². The van der Waals surface area contributed by atoms with Crippen molar-refractivity contribution in [3.63, 3.8) is 0 Å². The molecule has 30 heavy (non-hydrogen) atoms. The minimum absolute atomic E-state index is 0.0490. The van der Waals surface area contributed by atoms with Gasteiger partial charge in [-0.3, -0.25) is 9.69 Å². The molecule has 0 bridgehead atoms. The first-order valence-corrected chi connectivity index (χ1v) is 10.4. The second-order valence-corrected chi connectivity index (χ2v) is 7.88. The van der Waals surface area contributed by atoms with Crippen molar-refractivity contribution in [3.05, 3.63) is 88.9 Å². The molecule has 156 valence electrons. The van der Waals surface area contributed by atoms with Crippen LogP contribution in [0.15, 0.2) is 65.1 Å². The maximum Gasteiger partial charge on any atom is 0.289 e. The highest BCUT2D eigenvalue weighted by molar-refractivity contribution is 5.91. The first kappa shape index (κ1) is 20.2. The van der Waals surface area contributed by atoms with Crippen molar-refractivity contribution in [3.8, 4) is 5.75 Å². The maximum absolute atomic E-state index is 12.8. The molecule has 0 radical (unpaired) electrons. The van der Waals surface area contributed by atoms with E-state index < -0.39 is 0 Å². The number of carbonyl (C=O) groups is 1. The van der Waals surface area contributed by atoms with Crippen LogP contribution in [0.4, 0.5) is 0 Å². The van der Waals surface area contributed by atoms with Crippen LogP contribution in [-0.2, 0) is 13.2 Å². The van der Waals surface area contributed by atoms with E-state index in [-0.39, 0.29) is 5.91 Å². The summed E-state index contributed by atoms with van der Waals surface area (Å²) in [6, 6.07) is 20.1. The molecular formula is C25H28N2O3. The van der Waals surface area contributed by atoms with Crippen LogP contribution in [-0.4, -0.2) is 41.9 Å². The molecule has 2 aromatic carbocycles. The van der Waals surface area contributed by atoms with Crippen LogP contribution in [0.1, 0.15) is 33.0 Å². The third-order valence-electron chi connectivity index (χ3n) is 5.48. The summed E-state index contributed by atoms with van der Waals surface area (Å²) in [4.78, 5) is 17.1. The van der Waals surface area contributed by atoms with E-state index in [0.717, 1.165) is 30.9 Å². The smallest absolute Gasteiger partial charge is 0.289 e. The van der Waals surface area contributed by atoms with Crippen molar-refractivity contribution in [1.82, 2.24) is 9.80 Å². The lowest BCUT2D eigenvalue weighted by atomic mass is 10.1. The van der Waals surface area contributed by atoms with Gasteiger partial charge in [0.05, 0.1) is 0 Å². The fourth-order valence-electron chi connectivity index (χ4n) is 3.79. The quantitative estimate of drug-likeness (QED) is 0.610. The van der Waals surface area contributed by atoms with Crippen LogP contribution >= 0.6 is 0 Å². The van der Waals surface area contributed by atoms with Gasteiger partial charge < -0.3 is 14.1 Å². The normalized spacial score (nSPS) is 14.7. The number of hydrogen-bond acceptors (Lipinski definition) is 4. The first-order valence-electron chi connectivity index (χ1n) is 10.4. The second-order valence-electron chi connectivity index (χ2n) is 7.88. The molecule has 5 heteroatoms. The molecule has 2 heterocycles. The Morgan fingerprint density at radius 2 is 1.73 bits per heavy atom. The number of ether oxygens (including phenoxy) is 1. The molecule has 4 rings (SSSR count). The Balaban J connectivity index is 1.29. The molecule has 3 aromatic rings. The molecular weight excluding hydrogens is 376 g/mol. The zero-order chi connectivity index (χ0) is 20.9. The number of amides is 1. The molecule has 0 aliphatic carbocycles. The Hall–Kier alpha value is -3.05. The van der Waals surface area contributed by atoms with Crippen LogP contribution < -0.4 is 4.74 Å². The van der Waals surface area contributed by atoms with Gasteiger partial charge in [-0.25, -0.2) is 0 Å². The summed E-state index contributed by atoms with van der Waals surface area (Å²) < 4.78 is 11.6. The Kier molecular flexibility index (Phi) is 6.19. The van der Waals surface area contributed by atoms with E-state index in [2.05, 4.69) is 42.2 Å². The number of aryl methyl sites for hydroxylation is 2. The van der Waals surface area contributed by atoms with E-state index >= 15 is 0 Å². The maximum atomic E-state index is 12.8. The number of piperazine rings is 1. The number of benzene rings is 2. The fraction of sp³-hybridized carbons (Fsp3) is 0.320. The van der Waals surface area contributed by atoms with E-state index in [1.54, 1.807) is 6.07 Å². The minimum atomic E-state index is -0.0490. The predicted molar refractivity (Wildman–Crippen MR) is 117 cm³/mol. The zero-order valence-corrected chi connectivity index (χ0v) is 17.6. The van der Waals surface area contributed by atoms with E-state index in [1.165, 1.54) is 11.1 Å². The highest BCUT2D eigenvalue weighted by Gasteiger charge is 2.24. The molecule has 0 atom stereocenters. The SMILES string of the molecule is Cc1ccc(OCc2ccc(C(=O)N3CCN(Cc4ccccc4)CC3)o2)c(C)c1. The summed E-state index contributed by atoms with van der Waals surface area (Å²) in [7, 11) is 0. The molecule has 1 aromatic heterocycles.